The second kappa shape index (κ2) is 6.36. The number of thiazole rings is 1. The number of aromatic nitrogens is 3. The summed E-state index contributed by atoms with van der Waals surface area (Å²) in [6.45, 7) is 3.38. The molecule has 0 fully saturated rings. The fourth-order valence-electron chi connectivity index (χ4n) is 1.60. The van der Waals surface area contributed by atoms with Crippen molar-refractivity contribution in [2.75, 3.05) is 11.9 Å². The average Bonchev–Trinajstić information content (AvgIpc) is 2.78. The van der Waals surface area contributed by atoms with Gasteiger partial charge in [-0.1, -0.05) is 11.3 Å². The number of H-pyrrole nitrogens is 1. The van der Waals surface area contributed by atoms with E-state index in [1.807, 2.05) is 0 Å². The van der Waals surface area contributed by atoms with Gasteiger partial charge >= 0.3 is 12.1 Å². The van der Waals surface area contributed by atoms with Gasteiger partial charge in [-0.05, 0) is 13.8 Å². The van der Waals surface area contributed by atoms with Crippen molar-refractivity contribution in [3.8, 4) is 0 Å². The van der Waals surface area contributed by atoms with Gasteiger partial charge in [0.25, 0.3) is 5.56 Å². The molecular formula is C12H11F3N4O3S. The number of nitrogens with zero attached hydrogens (tertiary/aromatic N) is 2. The SMILES string of the molecule is CCOC(=O)c1sc(Nc2nc(C(F)(F)F)cc(=O)[nH]2)nc1C. The van der Waals surface area contributed by atoms with Gasteiger partial charge in [-0.3, -0.25) is 9.78 Å². The average molecular weight is 348 g/mol. The van der Waals surface area contributed by atoms with Gasteiger partial charge in [-0.2, -0.15) is 13.2 Å². The molecule has 23 heavy (non-hydrogen) atoms. The highest BCUT2D eigenvalue weighted by atomic mass is 32.1. The summed E-state index contributed by atoms with van der Waals surface area (Å²) in [4.78, 5) is 32.6. The molecule has 0 spiro atoms. The molecule has 0 radical (unpaired) electrons. The monoisotopic (exact) mass is 348 g/mol. The minimum absolute atomic E-state index is 0.105. The quantitative estimate of drug-likeness (QED) is 0.824. The standard InChI is InChI=1S/C12H11F3N4O3S/c1-3-22-9(21)8-5(2)16-11(23-8)19-10-17-6(12(13,14)15)4-7(20)18-10/h4H,3H2,1-2H3,(H2,16,17,18,19,20). The number of carbonyl (C=O) groups excluding carboxylic acids is 1. The first-order valence-corrected chi connectivity index (χ1v) is 7.12. The number of hydrogen-bond donors (Lipinski definition) is 2. The summed E-state index contributed by atoms with van der Waals surface area (Å²) in [7, 11) is 0. The number of nitrogens with one attached hydrogen (secondary N) is 2. The number of aromatic amines is 1. The summed E-state index contributed by atoms with van der Waals surface area (Å²) in [5.74, 6) is -1.00. The molecule has 11 heteroatoms. The largest absolute Gasteiger partial charge is 0.462 e. The second-order valence-corrected chi connectivity index (χ2v) is 5.26. The molecular weight excluding hydrogens is 337 g/mol. The third-order valence-electron chi connectivity index (χ3n) is 2.51. The zero-order valence-corrected chi connectivity index (χ0v) is 12.8. The van der Waals surface area contributed by atoms with Crippen molar-refractivity contribution in [2.45, 2.75) is 20.0 Å². The Morgan fingerprint density at radius 1 is 1.43 bits per heavy atom. The highest BCUT2D eigenvalue weighted by Crippen LogP contribution is 2.28. The minimum Gasteiger partial charge on any atom is -0.462 e. The van der Waals surface area contributed by atoms with Gasteiger partial charge in [-0.25, -0.2) is 14.8 Å². The summed E-state index contributed by atoms with van der Waals surface area (Å²) < 4.78 is 42.7. The molecule has 0 aliphatic heterocycles. The molecule has 2 aromatic heterocycles. The van der Waals surface area contributed by atoms with Crippen LogP contribution in [-0.4, -0.2) is 27.5 Å². The van der Waals surface area contributed by atoms with Crippen molar-refractivity contribution in [1.82, 2.24) is 15.0 Å². The number of alkyl halides is 3. The van der Waals surface area contributed by atoms with Crippen LogP contribution in [0.25, 0.3) is 0 Å². The van der Waals surface area contributed by atoms with Gasteiger partial charge in [0.1, 0.15) is 4.88 Å². The molecule has 0 aromatic carbocycles. The van der Waals surface area contributed by atoms with Crippen LogP contribution in [0.5, 0.6) is 0 Å². The first-order valence-electron chi connectivity index (χ1n) is 6.31. The summed E-state index contributed by atoms with van der Waals surface area (Å²) in [5, 5.41) is 2.55. The van der Waals surface area contributed by atoms with Crippen LogP contribution >= 0.6 is 11.3 Å². The Labute approximate surface area is 131 Å². The molecule has 0 bridgehead atoms. The maximum absolute atomic E-state index is 12.6. The van der Waals surface area contributed by atoms with Crippen LogP contribution in [-0.2, 0) is 10.9 Å². The Morgan fingerprint density at radius 2 is 2.13 bits per heavy atom. The van der Waals surface area contributed by atoms with Crippen molar-refractivity contribution in [2.24, 2.45) is 0 Å². The van der Waals surface area contributed by atoms with E-state index in [0.29, 0.717) is 11.8 Å². The zero-order chi connectivity index (χ0) is 17.2. The molecule has 0 aliphatic rings. The fourth-order valence-corrected chi connectivity index (χ4v) is 2.46. The number of carbonyl (C=O) groups is 1. The Balaban J connectivity index is 2.30. The Morgan fingerprint density at radius 3 is 2.74 bits per heavy atom. The molecule has 0 unspecified atom stereocenters. The molecule has 2 heterocycles. The summed E-state index contributed by atoms with van der Waals surface area (Å²) in [6.07, 6.45) is -4.75. The van der Waals surface area contributed by atoms with Crippen LogP contribution in [0.4, 0.5) is 24.3 Å². The van der Waals surface area contributed by atoms with E-state index >= 15 is 0 Å². The normalized spacial score (nSPS) is 11.3. The van der Waals surface area contributed by atoms with Gasteiger partial charge in [-0.15, -0.1) is 0 Å². The van der Waals surface area contributed by atoms with Crippen molar-refractivity contribution < 1.29 is 22.7 Å². The fraction of sp³-hybridized carbons (Fsp3) is 0.333. The third-order valence-corrected chi connectivity index (χ3v) is 3.57. The van der Waals surface area contributed by atoms with Crippen molar-refractivity contribution in [3.63, 3.8) is 0 Å². The molecule has 2 rings (SSSR count). The van der Waals surface area contributed by atoms with E-state index in [0.717, 1.165) is 11.3 Å². The first-order chi connectivity index (χ1) is 10.7. The zero-order valence-electron chi connectivity index (χ0n) is 11.9. The van der Waals surface area contributed by atoms with E-state index in [2.05, 4.69) is 20.3 Å². The van der Waals surface area contributed by atoms with Gasteiger partial charge in [0.2, 0.25) is 5.95 Å². The van der Waals surface area contributed by atoms with E-state index < -0.39 is 29.3 Å². The van der Waals surface area contributed by atoms with E-state index in [9.17, 15) is 22.8 Å². The molecule has 0 aliphatic carbocycles. The van der Waals surface area contributed by atoms with Crippen molar-refractivity contribution in [1.29, 1.82) is 0 Å². The van der Waals surface area contributed by atoms with Crippen LogP contribution in [0.2, 0.25) is 0 Å². The molecule has 124 valence electrons. The van der Waals surface area contributed by atoms with E-state index in [-0.39, 0.29) is 16.6 Å². The number of rotatable bonds is 4. The van der Waals surface area contributed by atoms with Crippen LogP contribution in [0.3, 0.4) is 0 Å². The molecule has 0 atom stereocenters. The first kappa shape index (κ1) is 16.9. The number of hydrogen-bond acceptors (Lipinski definition) is 7. The van der Waals surface area contributed by atoms with Gasteiger partial charge in [0.05, 0.1) is 12.3 Å². The summed E-state index contributed by atoms with van der Waals surface area (Å²) in [6, 6.07) is 0.350. The lowest BCUT2D eigenvalue weighted by molar-refractivity contribution is -0.141. The Hall–Kier alpha value is -2.43. The lowest BCUT2D eigenvalue weighted by Gasteiger charge is -2.07. The number of esters is 1. The van der Waals surface area contributed by atoms with Crippen molar-refractivity contribution >= 4 is 28.4 Å². The van der Waals surface area contributed by atoms with Crippen LogP contribution in [0.15, 0.2) is 10.9 Å². The molecule has 2 aromatic rings. The van der Waals surface area contributed by atoms with Crippen LogP contribution < -0.4 is 10.9 Å². The van der Waals surface area contributed by atoms with Gasteiger partial charge in [0, 0.05) is 6.07 Å². The molecule has 7 nitrogen and oxygen atoms in total. The number of halogens is 3. The van der Waals surface area contributed by atoms with Crippen molar-refractivity contribution in [3.05, 3.63) is 32.7 Å². The number of anilines is 2. The summed E-state index contributed by atoms with van der Waals surface area (Å²) in [5.41, 5.74) is -1.94. The second-order valence-electron chi connectivity index (χ2n) is 4.26. The number of ether oxygens (including phenoxy) is 1. The summed E-state index contributed by atoms with van der Waals surface area (Å²) >= 11 is 0.882. The molecule has 0 saturated carbocycles. The maximum atomic E-state index is 12.6. The van der Waals surface area contributed by atoms with Gasteiger partial charge < -0.3 is 10.1 Å². The lowest BCUT2D eigenvalue weighted by Crippen LogP contribution is -2.17. The smallest absolute Gasteiger partial charge is 0.433 e. The highest BCUT2D eigenvalue weighted by Gasteiger charge is 2.33. The van der Waals surface area contributed by atoms with Gasteiger partial charge in [0.15, 0.2) is 10.8 Å². The number of aryl methyl sites for hydroxylation is 1. The molecule has 0 saturated heterocycles. The lowest BCUT2D eigenvalue weighted by atomic mass is 10.4. The highest BCUT2D eigenvalue weighted by molar-refractivity contribution is 7.17. The van der Waals surface area contributed by atoms with E-state index in [1.54, 1.807) is 13.8 Å². The van der Waals surface area contributed by atoms with E-state index in [4.69, 9.17) is 4.74 Å². The predicted molar refractivity (Wildman–Crippen MR) is 75.9 cm³/mol. The predicted octanol–water partition coefficient (Wildman–Crippen LogP) is 2.47. The Kier molecular flexibility index (Phi) is 4.68. The van der Waals surface area contributed by atoms with E-state index in [1.165, 1.54) is 0 Å². The van der Waals surface area contributed by atoms with Crippen LogP contribution in [0, 0.1) is 6.92 Å². The van der Waals surface area contributed by atoms with Crippen LogP contribution in [0.1, 0.15) is 28.0 Å². The molecule has 2 N–H and O–H groups in total. The molecule has 0 amide bonds. The Bertz CT molecular complexity index is 785. The maximum Gasteiger partial charge on any atom is 0.433 e. The minimum atomic E-state index is -4.75. The topological polar surface area (TPSA) is 97.0 Å². The third kappa shape index (κ3) is 4.06.